The van der Waals surface area contributed by atoms with Gasteiger partial charge in [-0.3, -0.25) is 29.5 Å². The predicted molar refractivity (Wildman–Crippen MR) is 151 cm³/mol. The summed E-state index contributed by atoms with van der Waals surface area (Å²) in [6.07, 6.45) is -5.24. The Bertz CT molecular complexity index is 1580. The number of fused-ring (bicyclic) bond motifs is 1. The highest BCUT2D eigenvalue weighted by atomic mass is 19.4. The third-order valence-electron chi connectivity index (χ3n) is 7.68. The molecule has 2 fully saturated rings. The third-order valence-corrected chi connectivity index (χ3v) is 7.68. The van der Waals surface area contributed by atoms with Crippen molar-refractivity contribution >= 4 is 23.5 Å². The van der Waals surface area contributed by atoms with Crippen LogP contribution in [-0.4, -0.2) is 57.1 Å². The van der Waals surface area contributed by atoms with E-state index in [0.29, 0.717) is 5.56 Å². The summed E-state index contributed by atoms with van der Waals surface area (Å²) in [6.45, 7) is 3.16. The van der Waals surface area contributed by atoms with Crippen LogP contribution in [0.3, 0.4) is 0 Å². The van der Waals surface area contributed by atoms with Gasteiger partial charge in [0.25, 0.3) is 17.5 Å². The molecular formula is C31H29F3N4O6. The van der Waals surface area contributed by atoms with E-state index < -0.39 is 64.6 Å². The largest absolute Gasteiger partial charge is 0.459 e. The number of hydrogen-bond acceptors (Lipinski definition) is 7. The Balaban J connectivity index is 1.71. The summed E-state index contributed by atoms with van der Waals surface area (Å²) in [7, 11) is 0. The van der Waals surface area contributed by atoms with Crippen LogP contribution in [0.2, 0.25) is 0 Å². The van der Waals surface area contributed by atoms with Gasteiger partial charge in [0, 0.05) is 17.7 Å². The number of rotatable bonds is 6. The third kappa shape index (κ3) is 5.27. The van der Waals surface area contributed by atoms with E-state index in [9.17, 15) is 24.5 Å². The molecule has 2 heterocycles. The summed E-state index contributed by atoms with van der Waals surface area (Å²) in [5.41, 5.74) is -4.44. The number of alkyl halides is 3. The molecule has 13 heteroatoms. The number of halogens is 3. The number of nitrogens with zero attached hydrogens (tertiary/aromatic N) is 3. The molecule has 2 amide bonds. The first kappa shape index (κ1) is 30.7. The molecule has 4 atom stereocenters. The number of nitro groups is 1. The van der Waals surface area contributed by atoms with Crippen molar-refractivity contribution in [3.8, 4) is 0 Å². The van der Waals surface area contributed by atoms with Crippen molar-refractivity contribution in [1.29, 1.82) is 0 Å². The molecule has 2 unspecified atom stereocenters. The lowest BCUT2D eigenvalue weighted by Crippen LogP contribution is -2.55. The maximum absolute atomic E-state index is 15.4. The number of nitro benzene ring substituents is 1. The van der Waals surface area contributed by atoms with Gasteiger partial charge >= 0.3 is 12.1 Å². The lowest BCUT2D eigenvalue weighted by atomic mass is 9.75. The van der Waals surface area contributed by atoms with Crippen LogP contribution >= 0.6 is 0 Å². The lowest BCUT2D eigenvalue weighted by Gasteiger charge is -2.39. The van der Waals surface area contributed by atoms with Gasteiger partial charge in [-0.2, -0.15) is 18.2 Å². The van der Waals surface area contributed by atoms with Crippen molar-refractivity contribution in [3.63, 3.8) is 0 Å². The number of carbonyl (C=O) groups excluding carboxylic acids is 3. The maximum Gasteiger partial charge on any atom is 0.408 e. The second-order valence-electron chi connectivity index (χ2n) is 11.7. The van der Waals surface area contributed by atoms with E-state index in [2.05, 4.69) is 5.32 Å². The van der Waals surface area contributed by atoms with Crippen molar-refractivity contribution in [2.45, 2.75) is 50.7 Å². The highest BCUT2D eigenvalue weighted by Crippen LogP contribution is 2.60. The van der Waals surface area contributed by atoms with Gasteiger partial charge in [0.2, 0.25) is 5.41 Å². The van der Waals surface area contributed by atoms with Gasteiger partial charge in [0.15, 0.2) is 0 Å². The van der Waals surface area contributed by atoms with E-state index in [1.54, 1.807) is 48.5 Å². The molecule has 44 heavy (non-hydrogen) atoms. The molecule has 0 saturated carbocycles. The predicted octanol–water partition coefficient (Wildman–Crippen LogP) is 5.14. The summed E-state index contributed by atoms with van der Waals surface area (Å²) in [4.78, 5) is 51.7. The minimum absolute atomic E-state index is 0.106. The molecule has 1 N–H and O–H groups in total. The Morgan fingerprint density at radius 2 is 1.50 bits per heavy atom. The molecular weight excluding hydrogens is 581 g/mol. The smallest absolute Gasteiger partial charge is 0.408 e. The Kier molecular flexibility index (Phi) is 7.70. The van der Waals surface area contributed by atoms with Crippen molar-refractivity contribution in [3.05, 3.63) is 112 Å². The molecule has 0 spiro atoms. The summed E-state index contributed by atoms with van der Waals surface area (Å²) in [6, 6.07) is 16.1. The van der Waals surface area contributed by atoms with Crippen molar-refractivity contribution in [2.75, 3.05) is 6.54 Å². The monoisotopic (exact) mass is 610 g/mol. The first-order chi connectivity index (χ1) is 20.7. The average molecular weight is 611 g/mol. The van der Waals surface area contributed by atoms with Crippen LogP contribution in [-0.2, 0) is 14.3 Å². The SMILES string of the molecule is CC(C)(C)OC(=O)C1(C(F)(F)F)CN2C(=O)[C@@H](NC(=O)c3ccccc3)[C@H](c3ccccc3)N2C1c1ccc([N+](=O)[O-])cc1. The van der Waals surface area contributed by atoms with Crippen LogP contribution in [0.25, 0.3) is 0 Å². The van der Waals surface area contributed by atoms with Gasteiger partial charge in [-0.25, -0.2) is 0 Å². The van der Waals surface area contributed by atoms with Crippen molar-refractivity contribution in [1.82, 2.24) is 15.3 Å². The molecule has 2 aliphatic heterocycles. The Morgan fingerprint density at radius 3 is 2.02 bits per heavy atom. The topological polar surface area (TPSA) is 122 Å². The van der Waals surface area contributed by atoms with Crippen LogP contribution < -0.4 is 5.32 Å². The maximum atomic E-state index is 15.4. The van der Waals surface area contributed by atoms with E-state index in [-0.39, 0.29) is 16.8 Å². The van der Waals surface area contributed by atoms with Crippen LogP contribution in [0, 0.1) is 15.5 Å². The molecule has 3 aromatic rings. The van der Waals surface area contributed by atoms with Crippen LogP contribution in [0.4, 0.5) is 18.9 Å². The number of hydrogen-bond donors (Lipinski definition) is 1. The Hall–Kier alpha value is -4.78. The van der Waals surface area contributed by atoms with Gasteiger partial charge in [0.05, 0.1) is 23.6 Å². The second-order valence-corrected chi connectivity index (χ2v) is 11.7. The normalized spacial score (nSPS) is 23.7. The fourth-order valence-corrected chi connectivity index (χ4v) is 5.79. The fraction of sp³-hybridized carbons (Fsp3) is 0.323. The van der Waals surface area contributed by atoms with Gasteiger partial charge < -0.3 is 10.1 Å². The molecule has 10 nitrogen and oxygen atoms in total. The summed E-state index contributed by atoms with van der Waals surface area (Å²) in [5, 5.41) is 16.1. The number of non-ortho nitro benzene ring substituents is 1. The van der Waals surface area contributed by atoms with E-state index in [1.807, 2.05) is 0 Å². The molecule has 5 rings (SSSR count). The van der Waals surface area contributed by atoms with Gasteiger partial charge in [0.1, 0.15) is 11.6 Å². The Labute approximate surface area is 250 Å². The highest BCUT2D eigenvalue weighted by Gasteiger charge is 2.76. The fourth-order valence-electron chi connectivity index (χ4n) is 5.79. The van der Waals surface area contributed by atoms with Gasteiger partial charge in [-0.1, -0.05) is 60.7 Å². The number of benzene rings is 3. The number of nitrogens with one attached hydrogen (secondary N) is 1. The standard InChI is InChI=1S/C31H29F3N4O6/c1-29(2,3)44-28(41)30(31(32,33)34)18-36-27(40)23(35-26(39)21-12-8-5-9-13-21)24(19-10-6-4-7-11-19)37(36)25(30)20-14-16-22(17-15-20)38(42)43/h4-17,23-25H,18H2,1-3H3,(H,35,39)/t23-,24-,25?,30?/m0/s1. The van der Waals surface area contributed by atoms with E-state index in [1.165, 1.54) is 32.9 Å². The zero-order valence-electron chi connectivity index (χ0n) is 23.9. The molecule has 0 radical (unpaired) electrons. The first-order valence-corrected chi connectivity index (χ1v) is 13.7. The average Bonchev–Trinajstić information content (AvgIpc) is 3.45. The molecule has 3 aromatic carbocycles. The van der Waals surface area contributed by atoms with Crippen molar-refractivity contribution in [2.24, 2.45) is 5.41 Å². The lowest BCUT2D eigenvalue weighted by molar-refractivity contribution is -0.384. The van der Waals surface area contributed by atoms with Crippen LogP contribution in [0.15, 0.2) is 84.9 Å². The number of carbonyl (C=O) groups is 3. The number of ether oxygens (including phenoxy) is 1. The molecule has 0 aliphatic carbocycles. The first-order valence-electron chi connectivity index (χ1n) is 13.7. The van der Waals surface area contributed by atoms with Crippen LogP contribution in [0.5, 0.6) is 0 Å². The molecule has 2 aliphatic rings. The van der Waals surface area contributed by atoms with E-state index in [4.69, 9.17) is 4.74 Å². The van der Waals surface area contributed by atoms with E-state index >= 15 is 13.2 Å². The highest BCUT2D eigenvalue weighted by molar-refractivity contribution is 5.98. The molecule has 230 valence electrons. The molecule has 0 aromatic heterocycles. The van der Waals surface area contributed by atoms with Crippen LogP contribution in [0.1, 0.15) is 54.3 Å². The quantitative estimate of drug-likeness (QED) is 0.233. The zero-order valence-corrected chi connectivity index (χ0v) is 23.9. The van der Waals surface area contributed by atoms with Gasteiger partial charge in [-0.15, -0.1) is 0 Å². The van der Waals surface area contributed by atoms with Crippen molar-refractivity contribution < 1.29 is 37.2 Å². The minimum Gasteiger partial charge on any atom is -0.459 e. The summed E-state index contributed by atoms with van der Waals surface area (Å²) < 4.78 is 51.7. The summed E-state index contributed by atoms with van der Waals surface area (Å²) in [5.74, 6) is -3.07. The summed E-state index contributed by atoms with van der Waals surface area (Å²) >= 11 is 0. The number of esters is 1. The zero-order chi connectivity index (χ0) is 32.0. The number of hydrazine groups is 1. The Morgan fingerprint density at radius 1 is 0.932 bits per heavy atom. The minimum atomic E-state index is -5.24. The second kappa shape index (κ2) is 11.1. The van der Waals surface area contributed by atoms with E-state index in [0.717, 1.165) is 34.3 Å². The molecule has 2 saturated heterocycles. The molecule has 0 bridgehead atoms. The number of amides is 2. The van der Waals surface area contributed by atoms with Gasteiger partial charge in [-0.05, 0) is 44.0 Å².